The van der Waals surface area contributed by atoms with E-state index in [1.165, 1.54) is 19.3 Å². The summed E-state index contributed by atoms with van der Waals surface area (Å²) in [6.07, 6.45) is 4.58. The molecule has 1 heterocycles. The first kappa shape index (κ1) is 16.2. The molecule has 7 heteroatoms. The minimum absolute atomic E-state index is 0.151. The van der Waals surface area contributed by atoms with Gasteiger partial charge in [-0.1, -0.05) is 6.08 Å². The number of carbonyl (C=O) groups is 2. The lowest BCUT2D eigenvalue weighted by Gasteiger charge is -2.07. The Bertz CT molecular complexity index is 695. The zero-order chi connectivity index (χ0) is 16.7. The van der Waals surface area contributed by atoms with E-state index in [1.54, 1.807) is 30.3 Å². The lowest BCUT2D eigenvalue weighted by atomic mass is 10.2. The summed E-state index contributed by atoms with van der Waals surface area (Å²) in [6, 6.07) is 6.78. The summed E-state index contributed by atoms with van der Waals surface area (Å²) in [5.41, 5.74) is 1.47. The Hall–Kier alpha value is -3.22. The van der Waals surface area contributed by atoms with Crippen LogP contribution in [0.3, 0.4) is 0 Å². The van der Waals surface area contributed by atoms with Gasteiger partial charge < -0.3 is 16.0 Å². The third-order valence-electron chi connectivity index (χ3n) is 2.78. The van der Waals surface area contributed by atoms with Gasteiger partial charge in [0.05, 0.1) is 12.4 Å². The Morgan fingerprint density at radius 3 is 2.26 bits per heavy atom. The van der Waals surface area contributed by atoms with Gasteiger partial charge in [0.1, 0.15) is 11.5 Å². The SMILES string of the molecule is C=CCNc1cnc(C(=O)Nc2ccc(NC(C)=O)cc2)cn1. The molecule has 0 bridgehead atoms. The number of nitrogens with one attached hydrogen (secondary N) is 3. The number of carbonyl (C=O) groups excluding carboxylic acids is 2. The van der Waals surface area contributed by atoms with Gasteiger partial charge in [-0.2, -0.15) is 0 Å². The summed E-state index contributed by atoms with van der Waals surface area (Å²) in [6.45, 7) is 5.60. The fourth-order valence-electron chi connectivity index (χ4n) is 1.75. The van der Waals surface area contributed by atoms with Crippen molar-refractivity contribution in [3.63, 3.8) is 0 Å². The predicted octanol–water partition coefficient (Wildman–Crippen LogP) is 2.29. The number of hydrogen-bond acceptors (Lipinski definition) is 5. The van der Waals surface area contributed by atoms with Gasteiger partial charge in [-0.05, 0) is 24.3 Å². The summed E-state index contributed by atoms with van der Waals surface area (Å²) in [5, 5.41) is 8.34. The van der Waals surface area contributed by atoms with E-state index in [0.29, 0.717) is 23.7 Å². The van der Waals surface area contributed by atoms with Crippen molar-refractivity contribution in [2.24, 2.45) is 0 Å². The van der Waals surface area contributed by atoms with Gasteiger partial charge in [-0.15, -0.1) is 6.58 Å². The van der Waals surface area contributed by atoms with Crippen molar-refractivity contribution in [2.45, 2.75) is 6.92 Å². The summed E-state index contributed by atoms with van der Waals surface area (Å²) < 4.78 is 0. The first-order chi connectivity index (χ1) is 11.1. The van der Waals surface area contributed by atoms with E-state index in [4.69, 9.17) is 0 Å². The highest BCUT2D eigenvalue weighted by Crippen LogP contribution is 2.14. The average Bonchev–Trinajstić information content (AvgIpc) is 2.54. The molecule has 0 spiro atoms. The summed E-state index contributed by atoms with van der Waals surface area (Å²) in [4.78, 5) is 31.2. The number of amides is 2. The smallest absolute Gasteiger partial charge is 0.275 e. The van der Waals surface area contributed by atoms with Crippen LogP contribution in [0.2, 0.25) is 0 Å². The molecule has 2 amide bonds. The van der Waals surface area contributed by atoms with Crippen LogP contribution in [0, 0.1) is 0 Å². The molecule has 0 aliphatic heterocycles. The first-order valence-corrected chi connectivity index (χ1v) is 6.94. The number of hydrogen-bond donors (Lipinski definition) is 3. The molecule has 118 valence electrons. The number of nitrogens with zero attached hydrogens (tertiary/aromatic N) is 2. The molecule has 23 heavy (non-hydrogen) atoms. The van der Waals surface area contributed by atoms with E-state index in [0.717, 1.165) is 0 Å². The van der Waals surface area contributed by atoms with E-state index in [9.17, 15) is 9.59 Å². The molecule has 0 fully saturated rings. The van der Waals surface area contributed by atoms with E-state index < -0.39 is 0 Å². The van der Waals surface area contributed by atoms with Crippen LogP contribution in [0.25, 0.3) is 0 Å². The molecule has 0 unspecified atom stereocenters. The Morgan fingerprint density at radius 1 is 1.09 bits per heavy atom. The molecule has 0 aliphatic rings. The predicted molar refractivity (Wildman–Crippen MR) is 89.4 cm³/mol. The van der Waals surface area contributed by atoms with Crippen molar-refractivity contribution >= 4 is 29.0 Å². The fourth-order valence-corrected chi connectivity index (χ4v) is 1.75. The van der Waals surface area contributed by atoms with Crippen LogP contribution in [0.5, 0.6) is 0 Å². The van der Waals surface area contributed by atoms with Crippen molar-refractivity contribution in [2.75, 3.05) is 22.5 Å². The maximum atomic E-state index is 12.1. The summed E-state index contributed by atoms with van der Waals surface area (Å²) in [5.74, 6) is 0.0587. The van der Waals surface area contributed by atoms with Gasteiger partial charge in [0.25, 0.3) is 5.91 Å². The molecule has 0 atom stereocenters. The van der Waals surface area contributed by atoms with E-state index >= 15 is 0 Å². The van der Waals surface area contributed by atoms with Gasteiger partial charge in [-0.3, -0.25) is 9.59 Å². The van der Waals surface area contributed by atoms with Crippen molar-refractivity contribution in [1.29, 1.82) is 0 Å². The Balaban J connectivity index is 1.98. The van der Waals surface area contributed by atoms with Crippen molar-refractivity contribution < 1.29 is 9.59 Å². The second-order valence-electron chi connectivity index (χ2n) is 4.67. The van der Waals surface area contributed by atoms with Crippen molar-refractivity contribution in [1.82, 2.24) is 9.97 Å². The van der Waals surface area contributed by atoms with Crippen LogP contribution in [-0.4, -0.2) is 28.3 Å². The van der Waals surface area contributed by atoms with Crippen LogP contribution in [0.4, 0.5) is 17.2 Å². The van der Waals surface area contributed by atoms with E-state index in [2.05, 4.69) is 32.5 Å². The van der Waals surface area contributed by atoms with Gasteiger partial charge in [0.15, 0.2) is 0 Å². The minimum atomic E-state index is -0.361. The molecule has 0 saturated carbocycles. The second-order valence-corrected chi connectivity index (χ2v) is 4.67. The number of rotatable bonds is 6. The van der Waals surface area contributed by atoms with E-state index in [-0.39, 0.29) is 17.5 Å². The molecule has 0 radical (unpaired) electrons. The summed E-state index contributed by atoms with van der Waals surface area (Å²) in [7, 11) is 0. The molecule has 3 N–H and O–H groups in total. The monoisotopic (exact) mass is 311 g/mol. The highest BCUT2D eigenvalue weighted by Gasteiger charge is 2.08. The van der Waals surface area contributed by atoms with Gasteiger partial charge in [0, 0.05) is 24.8 Å². The molecule has 7 nitrogen and oxygen atoms in total. The molecule has 0 saturated heterocycles. The van der Waals surface area contributed by atoms with E-state index in [1.807, 2.05) is 0 Å². The lowest BCUT2D eigenvalue weighted by Crippen LogP contribution is -2.14. The Kier molecular flexibility index (Phi) is 5.40. The van der Waals surface area contributed by atoms with Crippen LogP contribution in [0.1, 0.15) is 17.4 Å². The zero-order valence-electron chi connectivity index (χ0n) is 12.7. The number of anilines is 3. The molecule has 2 aromatic rings. The number of aromatic nitrogens is 2. The quantitative estimate of drug-likeness (QED) is 0.711. The number of benzene rings is 1. The van der Waals surface area contributed by atoms with Gasteiger partial charge >= 0.3 is 0 Å². The molecule has 0 aliphatic carbocycles. The van der Waals surface area contributed by atoms with Crippen LogP contribution >= 0.6 is 0 Å². The van der Waals surface area contributed by atoms with Crippen LogP contribution in [0.15, 0.2) is 49.3 Å². The average molecular weight is 311 g/mol. The third kappa shape index (κ3) is 4.92. The maximum absolute atomic E-state index is 12.1. The van der Waals surface area contributed by atoms with Crippen LogP contribution < -0.4 is 16.0 Å². The largest absolute Gasteiger partial charge is 0.365 e. The van der Waals surface area contributed by atoms with Crippen molar-refractivity contribution in [3.8, 4) is 0 Å². The van der Waals surface area contributed by atoms with Gasteiger partial charge in [-0.25, -0.2) is 9.97 Å². The van der Waals surface area contributed by atoms with Crippen molar-refractivity contribution in [3.05, 3.63) is 55.0 Å². The minimum Gasteiger partial charge on any atom is -0.365 e. The molecule has 1 aromatic carbocycles. The normalized spacial score (nSPS) is 9.78. The maximum Gasteiger partial charge on any atom is 0.275 e. The molecular formula is C16H17N5O2. The zero-order valence-corrected chi connectivity index (χ0v) is 12.7. The third-order valence-corrected chi connectivity index (χ3v) is 2.78. The topological polar surface area (TPSA) is 96.0 Å². The lowest BCUT2D eigenvalue weighted by molar-refractivity contribution is -0.114. The van der Waals surface area contributed by atoms with Gasteiger partial charge in [0.2, 0.25) is 5.91 Å². The second kappa shape index (κ2) is 7.69. The Labute approximate surface area is 133 Å². The molecular weight excluding hydrogens is 294 g/mol. The highest BCUT2D eigenvalue weighted by atomic mass is 16.2. The standard InChI is InChI=1S/C16H17N5O2/c1-3-8-17-15-10-18-14(9-19-15)16(23)21-13-6-4-12(5-7-13)20-11(2)22/h3-7,9-10H,1,8H2,2H3,(H,17,19)(H,20,22)(H,21,23). The molecule has 2 rings (SSSR count). The Morgan fingerprint density at radius 2 is 1.74 bits per heavy atom. The highest BCUT2D eigenvalue weighted by molar-refractivity contribution is 6.02. The fraction of sp³-hybridized carbons (Fsp3) is 0.125. The first-order valence-electron chi connectivity index (χ1n) is 6.94. The molecule has 1 aromatic heterocycles. The van der Waals surface area contributed by atoms with Crippen LogP contribution in [-0.2, 0) is 4.79 Å². The summed E-state index contributed by atoms with van der Waals surface area (Å²) >= 11 is 0.